The molecule has 2 aromatic rings. The summed E-state index contributed by atoms with van der Waals surface area (Å²) in [6, 6.07) is 5.27. The van der Waals surface area contributed by atoms with Crippen LogP contribution < -0.4 is 10.3 Å². The van der Waals surface area contributed by atoms with E-state index in [1.165, 1.54) is 12.4 Å². The van der Waals surface area contributed by atoms with Gasteiger partial charge in [0.05, 0.1) is 27.8 Å². The Balaban J connectivity index is 1.76. The Morgan fingerprint density at radius 1 is 1.21 bits per heavy atom. The van der Waals surface area contributed by atoms with Crippen molar-refractivity contribution in [3.8, 4) is 0 Å². The number of benzene rings is 1. The molecule has 1 amide bonds. The van der Waals surface area contributed by atoms with Crippen LogP contribution in [0.5, 0.6) is 0 Å². The number of nitrogens with one attached hydrogen (secondary N) is 1. The molecule has 0 fully saturated rings. The second-order valence-corrected chi connectivity index (χ2v) is 6.41. The van der Waals surface area contributed by atoms with Gasteiger partial charge in [-0.3, -0.25) is 9.80 Å². The van der Waals surface area contributed by atoms with Gasteiger partial charge in [-0.2, -0.15) is 5.10 Å². The van der Waals surface area contributed by atoms with Gasteiger partial charge in [-0.1, -0.05) is 30.1 Å². The van der Waals surface area contributed by atoms with Crippen molar-refractivity contribution in [3.05, 3.63) is 51.5 Å². The monoisotopic (exact) mass is 383 g/mol. The van der Waals surface area contributed by atoms with Gasteiger partial charge in [0.1, 0.15) is 5.84 Å². The van der Waals surface area contributed by atoms with Crippen molar-refractivity contribution in [2.24, 2.45) is 11.0 Å². The fourth-order valence-corrected chi connectivity index (χ4v) is 2.58. The van der Waals surface area contributed by atoms with E-state index in [1.807, 2.05) is 13.0 Å². The fourth-order valence-electron chi connectivity index (χ4n) is 2.19. The van der Waals surface area contributed by atoms with E-state index >= 15 is 0 Å². The van der Waals surface area contributed by atoms with Gasteiger partial charge in [0.2, 0.25) is 5.28 Å². The van der Waals surface area contributed by atoms with Crippen molar-refractivity contribution >= 4 is 52.2 Å². The Kier molecular flexibility index (Phi) is 4.89. The highest BCUT2D eigenvalue weighted by atomic mass is 35.5. The molecule has 24 heavy (non-hydrogen) atoms. The van der Waals surface area contributed by atoms with Gasteiger partial charge in [-0.15, -0.1) is 0 Å². The molecular weight excluding hydrogens is 373 g/mol. The second kappa shape index (κ2) is 6.93. The molecule has 1 aromatic heterocycles. The first-order chi connectivity index (χ1) is 11.4. The van der Waals surface area contributed by atoms with Crippen molar-refractivity contribution in [2.45, 2.75) is 6.92 Å². The van der Waals surface area contributed by atoms with Crippen molar-refractivity contribution in [3.63, 3.8) is 0 Å². The number of amidine groups is 1. The Morgan fingerprint density at radius 2 is 1.92 bits per heavy atom. The van der Waals surface area contributed by atoms with Gasteiger partial charge < -0.3 is 5.32 Å². The van der Waals surface area contributed by atoms with Crippen LogP contribution in [0.1, 0.15) is 17.3 Å². The average molecular weight is 385 g/mol. The van der Waals surface area contributed by atoms with Crippen LogP contribution >= 0.6 is 34.8 Å². The molecule has 1 unspecified atom stereocenters. The Morgan fingerprint density at radius 3 is 2.58 bits per heavy atom. The first-order valence-corrected chi connectivity index (χ1v) is 8.17. The van der Waals surface area contributed by atoms with E-state index in [1.54, 1.807) is 17.1 Å². The molecule has 1 atom stereocenters. The second-order valence-electron chi connectivity index (χ2n) is 5.26. The maximum absolute atomic E-state index is 12.2. The first kappa shape index (κ1) is 17.0. The zero-order chi connectivity index (χ0) is 17.3. The van der Waals surface area contributed by atoms with Crippen molar-refractivity contribution in [2.75, 3.05) is 11.6 Å². The lowest BCUT2D eigenvalue weighted by atomic mass is 10.1. The molecule has 9 heteroatoms. The predicted molar refractivity (Wildman–Crippen MR) is 94.9 cm³/mol. The average Bonchev–Trinajstić information content (AvgIpc) is 2.91. The quantitative estimate of drug-likeness (QED) is 0.803. The zero-order valence-corrected chi connectivity index (χ0v) is 14.8. The van der Waals surface area contributed by atoms with Gasteiger partial charge in [-0.25, -0.2) is 9.97 Å². The Labute approximate surface area is 153 Å². The summed E-state index contributed by atoms with van der Waals surface area (Å²) >= 11 is 17.6. The molecular formula is C15H12Cl3N5O. The summed E-state index contributed by atoms with van der Waals surface area (Å²) in [4.78, 5) is 19.8. The van der Waals surface area contributed by atoms with Crippen LogP contribution in [0, 0.1) is 5.92 Å². The molecule has 6 nitrogen and oxygen atoms in total. The highest BCUT2D eigenvalue weighted by Crippen LogP contribution is 2.29. The summed E-state index contributed by atoms with van der Waals surface area (Å²) in [6.45, 7) is 2.58. The van der Waals surface area contributed by atoms with E-state index in [4.69, 9.17) is 34.8 Å². The molecule has 124 valence electrons. The number of nitrogens with zero attached hydrogens (tertiary/aromatic N) is 4. The molecule has 0 saturated carbocycles. The van der Waals surface area contributed by atoms with Gasteiger partial charge in [0.15, 0.2) is 0 Å². The molecule has 3 rings (SSSR count). The number of carbonyl (C=O) groups is 1. The molecule has 0 spiro atoms. The lowest BCUT2D eigenvalue weighted by molar-refractivity contribution is 0.0975. The predicted octanol–water partition coefficient (Wildman–Crippen LogP) is 3.64. The van der Waals surface area contributed by atoms with E-state index < -0.39 is 0 Å². The largest absolute Gasteiger partial charge is 0.308 e. The number of rotatable bonds is 2. The lowest BCUT2D eigenvalue weighted by Crippen LogP contribution is -2.33. The van der Waals surface area contributed by atoms with Crippen molar-refractivity contribution in [1.29, 1.82) is 0 Å². The van der Waals surface area contributed by atoms with Gasteiger partial charge in [0.25, 0.3) is 5.91 Å². The number of amides is 1. The minimum atomic E-state index is -0.340. The van der Waals surface area contributed by atoms with Crippen molar-refractivity contribution < 1.29 is 4.79 Å². The number of carbonyl (C=O) groups excluding carboxylic acids is 1. The summed E-state index contributed by atoms with van der Waals surface area (Å²) < 4.78 is 0. The minimum absolute atomic E-state index is 0.0385. The Bertz CT molecular complexity index is 809. The third-order valence-corrected chi connectivity index (χ3v) is 4.40. The van der Waals surface area contributed by atoms with Gasteiger partial charge in [-0.05, 0) is 29.8 Å². The third kappa shape index (κ3) is 3.61. The van der Waals surface area contributed by atoms with E-state index in [0.717, 1.165) is 5.69 Å². The lowest BCUT2D eigenvalue weighted by Gasteiger charge is -2.14. The molecule has 2 heterocycles. The third-order valence-electron chi connectivity index (χ3n) is 3.47. The molecule has 0 aliphatic carbocycles. The molecule has 0 bridgehead atoms. The first-order valence-electron chi connectivity index (χ1n) is 7.04. The highest BCUT2D eigenvalue weighted by molar-refractivity contribution is 6.42. The molecule has 1 aliphatic rings. The maximum Gasteiger partial charge on any atom is 0.259 e. The van der Waals surface area contributed by atoms with E-state index in [0.29, 0.717) is 28.0 Å². The summed E-state index contributed by atoms with van der Waals surface area (Å²) in [5.41, 5.74) is 1.11. The molecule has 1 aromatic carbocycles. The number of hydrogen-bond donors (Lipinski definition) is 1. The Hall–Kier alpha value is -1.89. The molecule has 0 radical (unpaired) electrons. The summed E-state index contributed by atoms with van der Waals surface area (Å²) in [5, 5.41) is 10.0. The highest BCUT2D eigenvalue weighted by Gasteiger charge is 2.26. The van der Waals surface area contributed by atoms with Gasteiger partial charge >= 0.3 is 0 Å². The summed E-state index contributed by atoms with van der Waals surface area (Å²) in [6.07, 6.45) is 2.73. The summed E-state index contributed by atoms with van der Waals surface area (Å²) in [7, 11) is 0. The van der Waals surface area contributed by atoms with Crippen LogP contribution in [0.25, 0.3) is 0 Å². The summed E-state index contributed by atoms with van der Waals surface area (Å²) in [5.74, 6) is 0.255. The number of hydrazone groups is 1. The van der Waals surface area contributed by atoms with Crippen LogP contribution in [-0.2, 0) is 0 Å². The number of aromatic nitrogens is 2. The number of hydrogen-bond acceptors (Lipinski definition) is 5. The normalized spacial score (nSPS) is 16.9. The topological polar surface area (TPSA) is 70.5 Å². The SMILES string of the molecule is CC1CN(c2ccc(Cl)c(Cl)c2)N=C1NC(=O)c1cnc(Cl)nc1. The van der Waals surface area contributed by atoms with E-state index in [-0.39, 0.29) is 17.1 Å². The van der Waals surface area contributed by atoms with Crippen LogP contribution in [0.2, 0.25) is 15.3 Å². The molecule has 1 aliphatic heterocycles. The van der Waals surface area contributed by atoms with Crippen molar-refractivity contribution in [1.82, 2.24) is 15.3 Å². The maximum atomic E-state index is 12.2. The molecule has 1 N–H and O–H groups in total. The van der Waals surface area contributed by atoms with Crippen LogP contribution in [0.3, 0.4) is 0 Å². The molecule has 0 saturated heterocycles. The van der Waals surface area contributed by atoms with E-state index in [2.05, 4.69) is 20.4 Å². The van der Waals surface area contributed by atoms with Crippen LogP contribution in [-0.4, -0.2) is 28.3 Å². The zero-order valence-electron chi connectivity index (χ0n) is 12.5. The standard InChI is InChI=1S/C15H12Cl3N5O/c1-8-7-23(10-2-3-11(16)12(17)4-10)22-13(8)21-14(24)9-5-19-15(18)20-6-9/h2-6,8H,7H2,1H3,(H,21,22,24). The van der Waals surface area contributed by atoms with E-state index in [9.17, 15) is 4.79 Å². The van der Waals surface area contributed by atoms with Crippen LogP contribution in [0.15, 0.2) is 35.7 Å². The van der Waals surface area contributed by atoms with Gasteiger partial charge in [0, 0.05) is 18.3 Å². The van der Waals surface area contributed by atoms with Crippen LogP contribution in [0.4, 0.5) is 5.69 Å². The number of anilines is 1. The minimum Gasteiger partial charge on any atom is -0.308 e. The fraction of sp³-hybridized carbons (Fsp3) is 0.200. The number of halogens is 3. The smallest absolute Gasteiger partial charge is 0.259 e.